The number of halogens is 3. The van der Waals surface area contributed by atoms with Gasteiger partial charge >= 0.3 is 5.97 Å². The summed E-state index contributed by atoms with van der Waals surface area (Å²) in [5.74, 6) is -2.85. The molecule has 0 atom stereocenters. The molecule has 40 heavy (non-hydrogen) atoms. The minimum atomic E-state index is -1.03. The van der Waals surface area contributed by atoms with Crippen LogP contribution in [-0.2, 0) is 12.1 Å². The molecule has 0 unspecified atom stereocenters. The van der Waals surface area contributed by atoms with Crippen molar-refractivity contribution < 1.29 is 23.5 Å². The minimum absolute atomic E-state index is 0.160. The van der Waals surface area contributed by atoms with Crippen LogP contribution < -0.4 is 5.32 Å². The molecule has 1 amide bonds. The fourth-order valence-electron chi connectivity index (χ4n) is 5.05. The van der Waals surface area contributed by atoms with Gasteiger partial charge in [0.05, 0.1) is 34.9 Å². The van der Waals surface area contributed by atoms with Crippen molar-refractivity contribution in [2.75, 3.05) is 0 Å². The van der Waals surface area contributed by atoms with Gasteiger partial charge < -0.3 is 10.4 Å². The third-order valence-corrected chi connectivity index (χ3v) is 7.42. The number of amides is 1. The minimum Gasteiger partial charge on any atom is -0.478 e. The van der Waals surface area contributed by atoms with Gasteiger partial charge in [-0.2, -0.15) is 5.10 Å². The van der Waals surface area contributed by atoms with E-state index in [4.69, 9.17) is 11.6 Å². The van der Waals surface area contributed by atoms with Crippen molar-refractivity contribution in [1.82, 2.24) is 15.1 Å². The van der Waals surface area contributed by atoms with Gasteiger partial charge in [0.15, 0.2) is 0 Å². The molecule has 9 heteroatoms. The van der Waals surface area contributed by atoms with E-state index in [0.29, 0.717) is 52.0 Å². The Morgan fingerprint density at radius 2 is 1.65 bits per heavy atom. The van der Waals surface area contributed by atoms with E-state index in [0.717, 1.165) is 17.2 Å². The van der Waals surface area contributed by atoms with Gasteiger partial charge in [-0.15, -0.1) is 0 Å². The summed E-state index contributed by atoms with van der Waals surface area (Å²) >= 11 is 6.18. The fraction of sp³-hybridized carbons (Fsp3) is 0.129. The van der Waals surface area contributed by atoms with Crippen LogP contribution in [0, 0.1) is 11.6 Å². The van der Waals surface area contributed by atoms with Crippen molar-refractivity contribution in [2.45, 2.75) is 24.9 Å². The summed E-state index contributed by atoms with van der Waals surface area (Å²) in [4.78, 5) is 25.2. The van der Waals surface area contributed by atoms with E-state index in [2.05, 4.69) is 10.4 Å². The molecule has 6 rings (SSSR count). The molecule has 5 aromatic rings. The predicted octanol–water partition coefficient (Wildman–Crippen LogP) is 6.80. The first-order valence-electron chi connectivity index (χ1n) is 12.6. The van der Waals surface area contributed by atoms with Crippen LogP contribution in [-0.4, -0.2) is 26.8 Å². The van der Waals surface area contributed by atoms with Crippen LogP contribution in [0.25, 0.3) is 22.0 Å². The standard InChI is InChI=1S/C31H22ClF2N3O3/c32-24-3-1-2-18(10-24)17-37-28-22(16-35-37)11-20(21-12-25(33)15-26(34)13-21)14-27(28)29(38)36-31(8-9-31)23-6-4-19(5-7-23)30(39)40/h1-7,10-16H,8-9,17H2,(H,36,38)(H,39,40). The lowest BCUT2D eigenvalue weighted by atomic mass is 9.98. The molecule has 1 aliphatic rings. The molecule has 0 radical (unpaired) electrons. The Hall–Kier alpha value is -4.56. The smallest absolute Gasteiger partial charge is 0.335 e. The normalized spacial score (nSPS) is 13.8. The van der Waals surface area contributed by atoms with Crippen molar-refractivity contribution in [3.8, 4) is 11.1 Å². The van der Waals surface area contributed by atoms with E-state index in [9.17, 15) is 23.5 Å². The van der Waals surface area contributed by atoms with E-state index in [-0.39, 0.29) is 11.5 Å². The monoisotopic (exact) mass is 557 g/mol. The molecule has 1 heterocycles. The van der Waals surface area contributed by atoms with Gasteiger partial charge in [0.2, 0.25) is 0 Å². The number of nitrogens with zero attached hydrogens (tertiary/aromatic N) is 2. The predicted molar refractivity (Wildman–Crippen MR) is 147 cm³/mol. The molecule has 1 saturated carbocycles. The van der Waals surface area contributed by atoms with Crippen molar-refractivity contribution in [3.05, 3.63) is 124 Å². The van der Waals surface area contributed by atoms with Gasteiger partial charge in [-0.1, -0.05) is 35.9 Å². The lowest BCUT2D eigenvalue weighted by molar-refractivity contribution is 0.0696. The number of benzene rings is 4. The molecule has 0 bridgehead atoms. The first kappa shape index (κ1) is 25.7. The number of carboxylic acids is 1. The van der Waals surface area contributed by atoms with Crippen LogP contribution in [0.3, 0.4) is 0 Å². The lowest BCUT2D eigenvalue weighted by Gasteiger charge is -2.19. The molecular formula is C31H22ClF2N3O3. The largest absolute Gasteiger partial charge is 0.478 e. The number of carbonyl (C=O) groups excluding carboxylic acids is 1. The zero-order chi connectivity index (χ0) is 28.0. The lowest BCUT2D eigenvalue weighted by Crippen LogP contribution is -2.35. The summed E-state index contributed by atoms with van der Waals surface area (Å²) in [7, 11) is 0. The van der Waals surface area contributed by atoms with E-state index >= 15 is 0 Å². The summed E-state index contributed by atoms with van der Waals surface area (Å²) in [5, 5.41) is 18.1. The number of nitrogens with one attached hydrogen (secondary N) is 1. The average Bonchev–Trinajstić information content (AvgIpc) is 3.59. The van der Waals surface area contributed by atoms with Crippen LogP contribution in [0.4, 0.5) is 8.78 Å². The molecular weight excluding hydrogens is 536 g/mol. The Morgan fingerprint density at radius 3 is 2.30 bits per heavy atom. The molecule has 4 aromatic carbocycles. The number of aromatic carboxylic acids is 1. The Labute approximate surface area is 232 Å². The number of hydrogen-bond donors (Lipinski definition) is 2. The van der Waals surface area contributed by atoms with Gasteiger partial charge in [0.25, 0.3) is 5.91 Å². The first-order valence-corrected chi connectivity index (χ1v) is 13.0. The quantitative estimate of drug-likeness (QED) is 0.230. The Balaban J connectivity index is 1.43. The van der Waals surface area contributed by atoms with Gasteiger partial charge in [-0.25, -0.2) is 13.6 Å². The van der Waals surface area contributed by atoms with Gasteiger partial charge in [-0.3, -0.25) is 9.48 Å². The van der Waals surface area contributed by atoms with Crippen molar-refractivity contribution >= 4 is 34.4 Å². The Kier molecular flexibility index (Phi) is 6.35. The summed E-state index contributed by atoms with van der Waals surface area (Å²) in [6, 6.07) is 20.4. The number of rotatable bonds is 7. The number of aromatic nitrogens is 2. The fourth-order valence-corrected chi connectivity index (χ4v) is 5.26. The topological polar surface area (TPSA) is 84.2 Å². The summed E-state index contributed by atoms with van der Waals surface area (Å²) in [6.45, 7) is 0.347. The Morgan fingerprint density at radius 1 is 0.950 bits per heavy atom. The number of fused-ring (bicyclic) bond motifs is 1. The molecule has 1 aromatic heterocycles. The van der Waals surface area contributed by atoms with Crippen LogP contribution in [0.2, 0.25) is 5.02 Å². The zero-order valence-corrected chi connectivity index (χ0v) is 21.8. The molecule has 1 fully saturated rings. The molecule has 0 aliphatic heterocycles. The van der Waals surface area contributed by atoms with E-state index in [1.54, 1.807) is 41.2 Å². The second kappa shape index (κ2) is 9.88. The van der Waals surface area contributed by atoms with E-state index < -0.39 is 23.1 Å². The summed E-state index contributed by atoms with van der Waals surface area (Å²) in [6.07, 6.45) is 2.99. The highest BCUT2D eigenvalue weighted by atomic mass is 35.5. The number of carbonyl (C=O) groups is 2. The van der Waals surface area contributed by atoms with Crippen LogP contribution >= 0.6 is 11.6 Å². The van der Waals surface area contributed by atoms with Crippen LogP contribution in [0.1, 0.15) is 44.7 Å². The van der Waals surface area contributed by atoms with Crippen molar-refractivity contribution in [3.63, 3.8) is 0 Å². The summed E-state index contributed by atoms with van der Waals surface area (Å²) in [5.41, 5.74) is 2.83. The van der Waals surface area contributed by atoms with Crippen LogP contribution in [0.15, 0.2) is 85.1 Å². The zero-order valence-electron chi connectivity index (χ0n) is 21.0. The van der Waals surface area contributed by atoms with Gasteiger partial charge in [-0.05, 0) is 83.6 Å². The maximum atomic E-state index is 14.1. The summed E-state index contributed by atoms with van der Waals surface area (Å²) < 4.78 is 29.9. The SMILES string of the molecule is O=C(O)c1ccc(C2(NC(=O)c3cc(-c4cc(F)cc(F)c4)cc4cnn(Cc5cccc(Cl)c5)c34)CC2)cc1. The molecule has 0 spiro atoms. The highest BCUT2D eigenvalue weighted by molar-refractivity contribution is 6.30. The second-order valence-electron chi connectivity index (χ2n) is 9.97. The highest BCUT2D eigenvalue weighted by Crippen LogP contribution is 2.46. The molecule has 6 nitrogen and oxygen atoms in total. The third kappa shape index (κ3) is 4.94. The third-order valence-electron chi connectivity index (χ3n) is 7.18. The molecule has 0 saturated heterocycles. The molecule has 2 N–H and O–H groups in total. The van der Waals surface area contributed by atoms with E-state index in [1.807, 2.05) is 18.2 Å². The van der Waals surface area contributed by atoms with Crippen LogP contribution in [0.5, 0.6) is 0 Å². The molecule has 200 valence electrons. The van der Waals surface area contributed by atoms with Crippen molar-refractivity contribution in [2.24, 2.45) is 0 Å². The molecule has 1 aliphatic carbocycles. The van der Waals surface area contributed by atoms with Gasteiger partial charge in [0.1, 0.15) is 11.6 Å². The number of carboxylic acid groups (broad SMARTS) is 1. The maximum Gasteiger partial charge on any atom is 0.335 e. The second-order valence-corrected chi connectivity index (χ2v) is 10.4. The van der Waals surface area contributed by atoms with E-state index in [1.165, 1.54) is 24.3 Å². The Bertz CT molecular complexity index is 1780. The first-order chi connectivity index (χ1) is 19.2. The maximum absolute atomic E-state index is 14.1. The highest BCUT2D eigenvalue weighted by Gasteiger charge is 2.46. The number of hydrogen-bond acceptors (Lipinski definition) is 3. The average molecular weight is 558 g/mol. The van der Waals surface area contributed by atoms with Gasteiger partial charge in [0, 0.05) is 16.5 Å². The van der Waals surface area contributed by atoms with Crippen molar-refractivity contribution in [1.29, 1.82) is 0 Å².